The van der Waals surface area contributed by atoms with Gasteiger partial charge in [0.25, 0.3) is 0 Å². The third-order valence-corrected chi connectivity index (χ3v) is 3.71. The molecule has 0 amide bonds. The standard InChI is InChI=1S/C8H16FO6P/c9-5-3-6(10)8(12)7(11)4(5)1-2-16(13,14)15/h4-8,10-12H,1-3H2,(H2,13,14,15)/t4-,5?,6+,7+,8+/m0/s1. The molecule has 0 aliphatic heterocycles. The number of rotatable bonds is 3. The SMILES string of the molecule is O=P(O)(O)CC[C@H]1C(F)C[C@@H](O)[C@@H](O)[C@@H]1O. The van der Waals surface area contributed by atoms with Crippen molar-refractivity contribution < 1.29 is 34.1 Å². The molecule has 0 aromatic rings. The number of hydrogen-bond donors (Lipinski definition) is 5. The van der Waals surface area contributed by atoms with Gasteiger partial charge in [-0.25, -0.2) is 4.39 Å². The first-order valence-electron chi connectivity index (χ1n) is 4.95. The van der Waals surface area contributed by atoms with Crippen LogP contribution in [0.25, 0.3) is 0 Å². The smallest absolute Gasteiger partial charge is 0.325 e. The minimum Gasteiger partial charge on any atom is -0.390 e. The molecule has 16 heavy (non-hydrogen) atoms. The van der Waals surface area contributed by atoms with Gasteiger partial charge in [0.05, 0.1) is 18.4 Å². The fourth-order valence-corrected chi connectivity index (χ4v) is 2.54. The molecule has 96 valence electrons. The molecule has 1 saturated carbocycles. The van der Waals surface area contributed by atoms with Crippen molar-refractivity contribution in [2.24, 2.45) is 5.92 Å². The zero-order chi connectivity index (χ0) is 12.5. The van der Waals surface area contributed by atoms with Crippen molar-refractivity contribution in [3.05, 3.63) is 0 Å². The van der Waals surface area contributed by atoms with Crippen LogP contribution in [0.5, 0.6) is 0 Å². The van der Waals surface area contributed by atoms with E-state index in [4.69, 9.17) is 14.9 Å². The van der Waals surface area contributed by atoms with Crippen molar-refractivity contribution in [1.29, 1.82) is 0 Å². The van der Waals surface area contributed by atoms with Crippen molar-refractivity contribution in [2.45, 2.75) is 37.3 Å². The van der Waals surface area contributed by atoms with Crippen molar-refractivity contribution in [2.75, 3.05) is 6.16 Å². The van der Waals surface area contributed by atoms with Crippen molar-refractivity contribution in [1.82, 2.24) is 0 Å². The highest BCUT2D eigenvalue weighted by Gasteiger charge is 2.43. The molecule has 1 fully saturated rings. The van der Waals surface area contributed by atoms with E-state index in [0.29, 0.717) is 0 Å². The number of aliphatic hydroxyl groups excluding tert-OH is 3. The molecule has 8 heteroatoms. The Hall–Kier alpha value is -0.0400. The Bertz CT molecular complexity index is 282. The molecule has 1 unspecified atom stereocenters. The quantitative estimate of drug-likeness (QED) is 0.414. The molecule has 1 rings (SSSR count). The molecule has 0 heterocycles. The monoisotopic (exact) mass is 258 g/mol. The topological polar surface area (TPSA) is 118 Å². The number of alkyl halides is 1. The molecule has 0 radical (unpaired) electrons. The van der Waals surface area contributed by atoms with E-state index < -0.39 is 44.2 Å². The molecule has 0 aromatic carbocycles. The molecular formula is C8H16FO6P. The first-order chi connectivity index (χ1) is 7.22. The zero-order valence-electron chi connectivity index (χ0n) is 8.48. The lowest BCUT2D eigenvalue weighted by atomic mass is 9.80. The number of aliphatic hydroxyl groups is 3. The molecular weight excluding hydrogens is 242 g/mol. The summed E-state index contributed by atoms with van der Waals surface area (Å²) in [5.41, 5.74) is 0. The summed E-state index contributed by atoms with van der Waals surface area (Å²) >= 11 is 0. The highest BCUT2D eigenvalue weighted by atomic mass is 31.2. The number of halogens is 1. The van der Waals surface area contributed by atoms with Gasteiger partial charge in [0, 0.05) is 12.3 Å². The van der Waals surface area contributed by atoms with Crippen LogP contribution in [0.4, 0.5) is 4.39 Å². The van der Waals surface area contributed by atoms with Gasteiger partial charge in [0.1, 0.15) is 12.3 Å². The third kappa shape index (κ3) is 3.48. The van der Waals surface area contributed by atoms with Crippen LogP contribution in [0.1, 0.15) is 12.8 Å². The van der Waals surface area contributed by atoms with Gasteiger partial charge in [-0.3, -0.25) is 4.57 Å². The minimum atomic E-state index is -4.24. The van der Waals surface area contributed by atoms with Crippen molar-refractivity contribution in [3.63, 3.8) is 0 Å². The first-order valence-corrected chi connectivity index (χ1v) is 6.75. The lowest BCUT2D eigenvalue weighted by Crippen LogP contribution is -2.51. The van der Waals surface area contributed by atoms with Crippen LogP contribution in [0.3, 0.4) is 0 Å². The molecule has 0 spiro atoms. The Balaban J connectivity index is 2.61. The van der Waals surface area contributed by atoms with E-state index in [-0.39, 0.29) is 12.8 Å². The summed E-state index contributed by atoms with van der Waals surface area (Å²) in [5.74, 6) is -1.05. The fraction of sp³-hybridized carbons (Fsp3) is 1.00. The highest BCUT2D eigenvalue weighted by Crippen LogP contribution is 2.39. The molecule has 1 aliphatic rings. The predicted molar refractivity (Wildman–Crippen MR) is 52.6 cm³/mol. The molecule has 0 saturated heterocycles. The maximum atomic E-state index is 13.4. The summed E-state index contributed by atoms with van der Waals surface area (Å²) in [6.45, 7) is 0. The van der Waals surface area contributed by atoms with Gasteiger partial charge in [-0.1, -0.05) is 0 Å². The fourth-order valence-electron chi connectivity index (χ4n) is 1.91. The lowest BCUT2D eigenvalue weighted by molar-refractivity contribution is -0.134. The average molecular weight is 258 g/mol. The maximum Gasteiger partial charge on any atom is 0.325 e. The van der Waals surface area contributed by atoms with E-state index in [9.17, 15) is 19.2 Å². The molecule has 5 atom stereocenters. The Kier molecular flexibility index (Phi) is 4.45. The van der Waals surface area contributed by atoms with Crippen molar-refractivity contribution in [3.8, 4) is 0 Å². The lowest BCUT2D eigenvalue weighted by Gasteiger charge is -2.37. The molecule has 0 bridgehead atoms. The maximum absolute atomic E-state index is 13.4. The average Bonchev–Trinajstić information content (AvgIpc) is 2.12. The third-order valence-electron chi connectivity index (χ3n) is 2.87. The molecule has 6 nitrogen and oxygen atoms in total. The van der Waals surface area contributed by atoms with Crippen LogP contribution < -0.4 is 0 Å². The van der Waals surface area contributed by atoms with Crippen molar-refractivity contribution >= 4 is 7.60 Å². The van der Waals surface area contributed by atoms with Crippen LogP contribution in [0, 0.1) is 5.92 Å². The first kappa shape index (κ1) is 14.0. The van der Waals surface area contributed by atoms with Gasteiger partial charge in [-0.15, -0.1) is 0 Å². The summed E-state index contributed by atoms with van der Waals surface area (Å²) in [4.78, 5) is 17.3. The Morgan fingerprint density at radius 1 is 1.19 bits per heavy atom. The molecule has 5 N–H and O–H groups in total. The summed E-state index contributed by atoms with van der Waals surface area (Å²) in [7, 11) is -4.24. The number of hydrogen-bond acceptors (Lipinski definition) is 4. The molecule has 1 aliphatic carbocycles. The molecule has 0 aromatic heterocycles. The van der Waals surface area contributed by atoms with Gasteiger partial charge in [-0.05, 0) is 6.42 Å². The second kappa shape index (κ2) is 5.08. The normalized spacial score (nSPS) is 41.0. The van der Waals surface area contributed by atoms with Crippen LogP contribution in [0.2, 0.25) is 0 Å². The summed E-state index contributed by atoms with van der Waals surface area (Å²) in [6, 6.07) is 0. The Morgan fingerprint density at radius 3 is 2.25 bits per heavy atom. The van der Waals surface area contributed by atoms with Crippen LogP contribution in [-0.4, -0.2) is 55.8 Å². The summed E-state index contributed by atoms with van der Waals surface area (Å²) in [5, 5.41) is 27.9. The van der Waals surface area contributed by atoms with Crippen LogP contribution in [-0.2, 0) is 4.57 Å². The Morgan fingerprint density at radius 2 is 1.75 bits per heavy atom. The summed E-state index contributed by atoms with van der Waals surface area (Å²) in [6.07, 6.45) is -6.96. The van der Waals surface area contributed by atoms with Crippen LogP contribution in [0.15, 0.2) is 0 Å². The van der Waals surface area contributed by atoms with Crippen LogP contribution >= 0.6 is 7.60 Å². The minimum absolute atomic E-state index is 0.226. The van der Waals surface area contributed by atoms with E-state index >= 15 is 0 Å². The van der Waals surface area contributed by atoms with E-state index in [1.165, 1.54) is 0 Å². The van der Waals surface area contributed by atoms with E-state index in [1.54, 1.807) is 0 Å². The highest BCUT2D eigenvalue weighted by molar-refractivity contribution is 7.51. The van der Waals surface area contributed by atoms with Gasteiger partial charge >= 0.3 is 7.60 Å². The Labute approximate surface area is 91.9 Å². The van der Waals surface area contributed by atoms with E-state index in [0.717, 1.165) is 0 Å². The van der Waals surface area contributed by atoms with Gasteiger partial charge in [0.2, 0.25) is 0 Å². The van der Waals surface area contributed by atoms with Gasteiger partial charge < -0.3 is 25.1 Å². The largest absolute Gasteiger partial charge is 0.390 e. The van der Waals surface area contributed by atoms with E-state index in [2.05, 4.69) is 0 Å². The summed E-state index contributed by atoms with van der Waals surface area (Å²) < 4.78 is 24.0. The second-order valence-electron chi connectivity index (χ2n) is 4.14. The van der Waals surface area contributed by atoms with Gasteiger partial charge in [-0.2, -0.15) is 0 Å². The zero-order valence-corrected chi connectivity index (χ0v) is 9.37. The van der Waals surface area contributed by atoms with Gasteiger partial charge in [0.15, 0.2) is 0 Å². The second-order valence-corrected chi connectivity index (χ2v) is 5.92. The van der Waals surface area contributed by atoms with E-state index in [1.807, 2.05) is 0 Å². The predicted octanol–water partition coefficient (Wildman–Crippen LogP) is -1.01.